The predicted molar refractivity (Wildman–Crippen MR) is 93.8 cm³/mol. The topological polar surface area (TPSA) is 68.3 Å². The summed E-state index contributed by atoms with van der Waals surface area (Å²) in [5.74, 6) is 0.222. The van der Waals surface area contributed by atoms with Gasteiger partial charge >= 0.3 is 0 Å². The zero-order chi connectivity index (χ0) is 16.5. The first-order chi connectivity index (χ1) is 11.7. The van der Waals surface area contributed by atoms with E-state index in [2.05, 4.69) is 38.1 Å². The lowest BCUT2D eigenvalue weighted by Gasteiger charge is -2.31. The maximum atomic E-state index is 9.99. The average molecular weight is 323 g/mol. The second kappa shape index (κ2) is 6.22. The number of H-pyrrole nitrogens is 1. The number of para-hydroxylation sites is 1. The summed E-state index contributed by atoms with van der Waals surface area (Å²) in [4.78, 5) is 8.16. The van der Waals surface area contributed by atoms with Crippen LogP contribution in [-0.4, -0.2) is 63.3 Å². The Labute approximate surface area is 140 Å². The van der Waals surface area contributed by atoms with E-state index in [0.717, 1.165) is 49.5 Å². The number of aromatic nitrogens is 3. The van der Waals surface area contributed by atoms with Gasteiger partial charge in [0.15, 0.2) is 5.65 Å². The molecule has 0 aliphatic carbocycles. The molecule has 6 heteroatoms. The zero-order valence-corrected chi connectivity index (χ0v) is 13.7. The minimum atomic E-state index is 0.222. The van der Waals surface area contributed by atoms with Gasteiger partial charge in [-0.3, -0.25) is 4.90 Å². The molecule has 0 saturated carbocycles. The Morgan fingerprint density at radius 1 is 1.08 bits per heavy atom. The molecule has 2 aromatic heterocycles. The number of piperazine rings is 1. The number of aromatic hydroxyl groups is 1. The minimum absolute atomic E-state index is 0.222. The first-order valence-corrected chi connectivity index (χ1v) is 8.23. The summed E-state index contributed by atoms with van der Waals surface area (Å²) in [5.41, 5.74) is 3.33. The van der Waals surface area contributed by atoms with Gasteiger partial charge in [-0.25, -0.2) is 0 Å². The molecule has 1 saturated heterocycles. The van der Waals surface area contributed by atoms with Gasteiger partial charge in [-0.2, -0.15) is 0 Å². The molecule has 3 heterocycles. The average Bonchev–Trinajstić information content (AvgIpc) is 2.99. The molecular weight excluding hydrogens is 302 g/mol. The van der Waals surface area contributed by atoms with Crippen molar-refractivity contribution in [3.63, 3.8) is 0 Å². The van der Waals surface area contributed by atoms with E-state index < -0.39 is 0 Å². The van der Waals surface area contributed by atoms with Crippen molar-refractivity contribution in [3.05, 3.63) is 42.1 Å². The summed E-state index contributed by atoms with van der Waals surface area (Å²) in [6, 6.07) is 11.3. The number of phenolic OH excluding ortho intramolecular Hbond substituents is 1. The van der Waals surface area contributed by atoms with Gasteiger partial charge in [-0.05, 0) is 31.3 Å². The largest absolute Gasteiger partial charge is 0.507 e. The van der Waals surface area contributed by atoms with Gasteiger partial charge in [0, 0.05) is 49.4 Å². The van der Waals surface area contributed by atoms with Gasteiger partial charge < -0.3 is 15.0 Å². The number of nitrogens with one attached hydrogen (secondary N) is 1. The Balaban J connectivity index is 1.58. The third kappa shape index (κ3) is 2.98. The van der Waals surface area contributed by atoms with E-state index in [1.165, 1.54) is 0 Å². The van der Waals surface area contributed by atoms with Crippen LogP contribution in [0.2, 0.25) is 0 Å². The molecule has 1 aliphatic heterocycles. The highest BCUT2D eigenvalue weighted by molar-refractivity contribution is 5.81. The molecule has 0 unspecified atom stereocenters. The van der Waals surface area contributed by atoms with Gasteiger partial charge in [-0.1, -0.05) is 12.1 Å². The molecule has 1 aromatic carbocycles. The van der Waals surface area contributed by atoms with E-state index in [-0.39, 0.29) is 5.75 Å². The second-order valence-electron chi connectivity index (χ2n) is 6.42. The summed E-state index contributed by atoms with van der Waals surface area (Å²) >= 11 is 0. The molecule has 1 aliphatic rings. The van der Waals surface area contributed by atoms with Gasteiger partial charge in [0.2, 0.25) is 0 Å². The third-order valence-corrected chi connectivity index (χ3v) is 4.60. The van der Waals surface area contributed by atoms with Gasteiger partial charge in [0.05, 0.1) is 5.69 Å². The summed E-state index contributed by atoms with van der Waals surface area (Å²) in [5, 5.41) is 19.5. The minimum Gasteiger partial charge on any atom is -0.507 e. The number of benzene rings is 1. The molecule has 1 fully saturated rings. The fourth-order valence-electron chi connectivity index (χ4n) is 3.14. The van der Waals surface area contributed by atoms with Crippen LogP contribution in [0.3, 0.4) is 0 Å². The number of phenols is 1. The smallest absolute Gasteiger partial charge is 0.160 e. The zero-order valence-electron chi connectivity index (χ0n) is 13.7. The van der Waals surface area contributed by atoms with Crippen molar-refractivity contribution in [2.45, 2.75) is 6.54 Å². The van der Waals surface area contributed by atoms with Crippen LogP contribution in [0.4, 0.5) is 0 Å². The van der Waals surface area contributed by atoms with Crippen molar-refractivity contribution >= 4 is 11.0 Å². The number of aromatic amines is 1. The predicted octanol–water partition coefficient (Wildman–Crippen LogP) is 2.08. The molecule has 0 radical (unpaired) electrons. The van der Waals surface area contributed by atoms with Crippen LogP contribution in [-0.2, 0) is 6.54 Å². The summed E-state index contributed by atoms with van der Waals surface area (Å²) in [6.45, 7) is 5.28. The normalized spacial score (nSPS) is 16.7. The summed E-state index contributed by atoms with van der Waals surface area (Å²) in [7, 11) is 2.16. The Hall–Kier alpha value is -2.44. The van der Waals surface area contributed by atoms with Crippen LogP contribution in [0.15, 0.2) is 36.4 Å². The van der Waals surface area contributed by atoms with Gasteiger partial charge in [-0.15, -0.1) is 10.2 Å². The van der Waals surface area contributed by atoms with Crippen molar-refractivity contribution in [1.82, 2.24) is 25.0 Å². The van der Waals surface area contributed by atoms with E-state index in [1.807, 2.05) is 18.2 Å². The summed E-state index contributed by atoms with van der Waals surface area (Å²) < 4.78 is 0. The molecule has 6 nitrogen and oxygen atoms in total. The van der Waals surface area contributed by atoms with E-state index in [0.29, 0.717) is 11.3 Å². The fraction of sp³-hybridized carbons (Fsp3) is 0.333. The standard InChI is InChI=1S/C18H21N5O/c1-22-6-8-23(9-7-22)12-14-10-13-11-16(20-21-18(13)19-14)15-4-2-3-5-17(15)24/h2-5,10-11,24H,6-9,12H2,1H3,(H,19,21). The van der Waals surface area contributed by atoms with E-state index in [9.17, 15) is 5.11 Å². The number of nitrogens with zero attached hydrogens (tertiary/aromatic N) is 4. The van der Waals surface area contributed by atoms with Gasteiger partial charge in [0.25, 0.3) is 0 Å². The monoisotopic (exact) mass is 323 g/mol. The van der Waals surface area contributed by atoms with Crippen LogP contribution in [0.25, 0.3) is 22.3 Å². The molecule has 124 valence electrons. The van der Waals surface area contributed by atoms with Crippen molar-refractivity contribution in [3.8, 4) is 17.0 Å². The van der Waals surface area contributed by atoms with Crippen molar-refractivity contribution in [1.29, 1.82) is 0 Å². The molecule has 24 heavy (non-hydrogen) atoms. The maximum Gasteiger partial charge on any atom is 0.160 e. The van der Waals surface area contributed by atoms with E-state index >= 15 is 0 Å². The van der Waals surface area contributed by atoms with Crippen LogP contribution in [0, 0.1) is 0 Å². The second-order valence-corrected chi connectivity index (χ2v) is 6.42. The molecule has 0 bridgehead atoms. The molecule has 3 aromatic rings. The lowest BCUT2D eigenvalue weighted by atomic mass is 10.1. The molecular formula is C18H21N5O. The SMILES string of the molecule is CN1CCN(Cc2cc3cc(-c4ccccc4O)nnc3[nH]2)CC1. The van der Waals surface area contributed by atoms with Crippen LogP contribution >= 0.6 is 0 Å². The number of fused-ring (bicyclic) bond motifs is 1. The molecule has 4 rings (SSSR count). The highest BCUT2D eigenvalue weighted by atomic mass is 16.3. The number of hydrogen-bond acceptors (Lipinski definition) is 5. The highest BCUT2D eigenvalue weighted by Crippen LogP contribution is 2.28. The molecule has 2 N–H and O–H groups in total. The Morgan fingerprint density at radius 3 is 2.67 bits per heavy atom. The maximum absolute atomic E-state index is 9.99. The highest BCUT2D eigenvalue weighted by Gasteiger charge is 2.15. The third-order valence-electron chi connectivity index (χ3n) is 4.60. The van der Waals surface area contributed by atoms with Crippen molar-refractivity contribution in [2.24, 2.45) is 0 Å². The number of likely N-dealkylation sites (N-methyl/N-ethyl adjacent to an activating group) is 1. The first-order valence-electron chi connectivity index (χ1n) is 8.23. The first kappa shape index (κ1) is 15.1. The van der Waals surface area contributed by atoms with Crippen LogP contribution in [0.5, 0.6) is 5.75 Å². The number of rotatable bonds is 3. The Kier molecular flexibility index (Phi) is 3.92. The Morgan fingerprint density at radius 2 is 1.88 bits per heavy atom. The molecule has 0 atom stereocenters. The molecule has 0 spiro atoms. The number of hydrogen-bond donors (Lipinski definition) is 2. The van der Waals surface area contributed by atoms with Gasteiger partial charge in [0.1, 0.15) is 5.75 Å². The molecule has 0 amide bonds. The lowest BCUT2D eigenvalue weighted by Crippen LogP contribution is -2.43. The summed E-state index contributed by atoms with van der Waals surface area (Å²) in [6.07, 6.45) is 0. The van der Waals surface area contributed by atoms with Crippen molar-refractivity contribution in [2.75, 3.05) is 33.2 Å². The Bertz CT molecular complexity index is 851. The van der Waals surface area contributed by atoms with E-state index in [4.69, 9.17) is 0 Å². The fourth-order valence-corrected chi connectivity index (χ4v) is 3.14. The van der Waals surface area contributed by atoms with Crippen LogP contribution < -0.4 is 0 Å². The lowest BCUT2D eigenvalue weighted by molar-refractivity contribution is 0.147. The van der Waals surface area contributed by atoms with E-state index in [1.54, 1.807) is 12.1 Å². The van der Waals surface area contributed by atoms with Crippen LogP contribution in [0.1, 0.15) is 5.69 Å². The quantitative estimate of drug-likeness (QED) is 0.772. The van der Waals surface area contributed by atoms with Crippen molar-refractivity contribution < 1.29 is 5.11 Å².